The van der Waals surface area contributed by atoms with E-state index in [9.17, 15) is 0 Å². The number of unbranched alkanes of at least 4 members (excludes halogenated alkanes) is 2. The van der Waals surface area contributed by atoms with Gasteiger partial charge in [0.2, 0.25) is 0 Å². The Bertz CT molecular complexity index is 672. The van der Waals surface area contributed by atoms with Crippen molar-refractivity contribution in [3.05, 3.63) is 64.5 Å². The van der Waals surface area contributed by atoms with Crippen molar-refractivity contribution >= 4 is 19.1 Å². The summed E-state index contributed by atoms with van der Waals surface area (Å²) in [6, 6.07) is 10.9. The van der Waals surface area contributed by atoms with Gasteiger partial charge in [-0.3, -0.25) is 0 Å². The first kappa shape index (κ1) is 25.1. The van der Waals surface area contributed by atoms with Crippen molar-refractivity contribution in [2.75, 3.05) is 0 Å². The third-order valence-electron chi connectivity index (χ3n) is 4.41. The molecular weight excluding hydrogens is 445 g/mol. The molecule has 0 bridgehead atoms. The minimum atomic E-state index is 0. The van der Waals surface area contributed by atoms with Crippen LogP contribution in [-0.4, -0.2) is 5.29 Å². The van der Waals surface area contributed by atoms with Gasteiger partial charge >= 0.3 is 26.2 Å². The van der Waals surface area contributed by atoms with Gasteiger partial charge in [0.15, 0.2) is 0 Å². The molecule has 0 N–H and O–H groups in total. The molecule has 1 aliphatic heterocycles. The summed E-state index contributed by atoms with van der Waals surface area (Å²) in [6.45, 7) is 4.56. The Morgan fingerprint density at radius 3 is 2.08 bits per heavy atom. The zero-order chi connectivity index (χ0) is 15.4. The van der Waals surface area contributed by atoms with Gasteiger partial charge in [0.25, 0.3) is 0 Å². The van der Waals surface area contributed by atoms with Gasteiger partial charge in [-0.1, -0.05) is 65.2 Å². The van der Waals surface area contributed by atoms with Crippen molar-refractivity contribution < 1.29 is 51.0 Å². The zero-order valence-corrected chi connectivity index (χ0v) is 19.9. The van der Waals surface area contributed by atoms with Gasteiger partial charge in [-0.2, -0.15) is 0 Å². The Labute approximate surface area is 186 Å². The van der Waals surface area contributed by atoms with E-state index in [-0.39, 0.29) is 51.0 Å². The van der Waals surface area contributed by atoms with Crippen molar-refractivity contribution in [2.45, 2.75) is 52.4 Å². The minimum absolute atomic E-state index is 0. The van der Waals surface area contributed by atoms with Crippen LogP contribution in [0.1, 0.15) is 57.9 Å². The largest absolute Gasteiger partial charge is 2.00 e. The summed E-state index contributed by atoms with van der Waals surface area (Å²) in [5, 5.41) is 3.21. The van der Waals surface area contributed by atoms with Crippen LogP contribution in [-0.2, 0) is 26.2 Å². The molecule has 25 heavy (non-hydrogen) atoms. The molecule has 3 rings (SSSR count). The van der Waals surface area contributed by atoms with E-state index < -0.39 is 0 Å². The summed E-state index contributed by atoms with van der Waals surface area (Å²) in [5.41, 5.74) is 5.90. The Morgan fingerprint density at radius 2 is 1.44 bits per heavy atom. The fourth-order valence-electron chi connectivity index (χ4n) is 3.14. The summed E-state index contributed by atoms with van der Waals surface area (Å²) >= 11 is 0. The topological polar surface area (TPSA) is 0 Å². The number of fused-ring (bicyclic) bond motifs is 1. The van der Waals surface area contributed by atoms with E-state index in [2.05, 4.69) is 56.3 Å². The molecule has 2 aliphatic rings. The molecule has 1 aromatic carbocycles. The van der Waals surface area contributed by atoms with E-state index in [0.29, 0.717) is 0 Å². The molecule has 0 spiro atoms. The Morgan fingerprint density at radius 1 is 0.800 bits per heavy atom. The van der Waals surface area contributed by atoms with Crippen molar-refractivity contribution in [2.24, 2.45) is 0 Å². The number of rotatable bonds is 7. The molecule has 1 heterocycles. The summed E-state index contributed by atoms with van der Waals surface area (Å²) in [6.07, 6.45) is 12.6. The fourth-order valence-corrected chi connectivity index (χ4v) is 4.52. The van der Waals surface area contributed by atoms with E-state index in [0.717, 1.165) is 0 Å². The first-order valence-electron chi connectivity index (χ1n) is 8.63. The molecule has 1 aromatic rings. The number of benzene rings is 1. The van der Waals surface area contributed by atoms with Gasteiger partial charge in [-0.05, 0) is 65.4 Å². The molecular formula is C21H25Cl2PZr. The number of hydrogen-bond donors (Lipinski definition) is 0. The van der Waals surface area contributed by atoms with Crippen LogP contribution in [0.5, 0.6) is 0 Å². The van der Waals surface area contributed by atoms with Crippen LogP contribution in [0, 0.1) is 0 Å². The van der Waals surface area contributed by atoms with Crippen LogP contribution in [0.25, 0.3) is 5.57 Å². The second-order valence-corrected chi connectivity index (χ2v) is 7.41. The van der Waals surface area contributed by atoms with Gasteiger partial charge in [0.05, 0.1) is 0 Å². The van der Waals surface area contributed by atoms with Gasteiger partial charge in [-0.15, -0.1) is 0 Å². The maximum Gasteiger partial charge on any atom is 2.00 e. The first-order valence-corrected chi connectivity index (χ1v) is 9.53. The van der Waals surface area contributed by atoms with E-state index in [1.165, 1.54) is 63.4 Å². The van der Waals surface area contributed by atoms with Gasteiger partial charge < -0.3 is 24.8 Å². The summed E-state index contributed by atoms with van der Waals surface area (Å²) in [7, 11) is 1.47. The van der Waals surface area contributed by atoms with E-state index >= 15 is 0 Å². The normalized spacial score (nSPS) is 15.2. The molecule has 132 valence electrons. The third-order valence-corrected chi connectivity index (χ3v) is 5.80. The van der Waals surface area contributed by atoms with Gasteiger partial charge in [-0.25, -0.2) is 0 Å². The minimum Gasteiger partial charge on any atom is -1.00 e. The molecule has 0 unspecified atom stereocenters. The molecule has 0 fully saturated rings. The Hall–Kier alpha value is 0.0731. The molecule has 0 aromatic heterocycles. The van der Waals surface area contributed by atoms with Crippen LogP contribution < -0.4 is 24.8 Å². The quantitative estimate of drug-likeness (QED) is 0.517. The number of hydrogen-bond acceptors (Lipinski definition) is 0. The Balaban J connectivity index is 0.00000192. The average Bonchev–Trinajstić information content (AvgIpc) is 3.11. The van der Waals surface area contributed by atoms with Crippen LogP contribution in [0.4, 0.5) is 0 Å². The molecule has 0 saturated heterocycles. The van der Waals surface area contributed by atoms with E-state index in [4.69, 9.17) is 0 Å². The SMILES string of the molecule is CCCCC1=PC2=C(CCCC)C=C(c3ccccc3)C2=C1.[Cl-].[Cl-].[Zr+2]. The summed E-state index contributed by atoms with van der Waals surface area (Å²) < 4.78 is 0. The first-order chi connectivity index (χ1) is 10.8. The molecule has 0 nitrogen and oxygen atoms in total. The molecule has 0 atom stereocenters. The summed E-state index contributed by atoms with van der Waals surface area (Å²) in [4.78, 5) is 0. The van der Waals surface area contributed by atoms with Crippen molar-refractivity contribution in [1.82, 2.24) is 0 Å². The fraction of sp³-hybridized carbons (Fsp3) is 0.381. The molecule has 0 radical (unpaired) electrons. The van der Waals surface area contributed by atoms with Crippen molar-refractivity contribution in [1.29, 1.82) is 0 Å². The monoisotopic (exact) mass is 468 g/mol. The van der Waals surface area contributed by atoms with E-state index in [1.807, 2.05) is 0 Å². The smallest absolute Gasteiger partial charge is 1.00 e. The van der Waals surface area contributed by atoms with Crippen LogP contribution in [0.2, 0.25) is 0 Å². The van der Waals surface area contributed by atoms with Crippen LogP contribution in [0.3, 0.4) is 0 Å². The Kier molecular flexibility index (Phi) is 12.5. The molecule has 0 amide bonds. The standard InChI is InChI=1S/C21H25P.2ClH.Zr/c1-3-5-10-17-14-19(16-11-8-7-9-12-16)20-15-18(13-6-4-2)22-21(17)20;;;/h7-9,11-12,14-15H,3-6,10,13H2,1-2H3;2*1H;/q;;;+2/p-2. The average molecular weight is 471 g/mol. The predicted molar refractivity (Wildman–Crippen MR) is 101 cm³/mol. The van der Waals surface area contributed by atoms with Crippen molar-refractivity contribution in [3.63, 3.8) is 0 Å². The summed E-state index contributed by atoms with van der Waals surface area (Å²) in [5.74, 6) is 0. The maximum atomic E-state index is 2.48. The maximum absolute atomic E-state index is 2.48. The predicted octanol–water partition coefficient (Wildman–Crippen LogP) is 0.782. The zero-order valence-electron chi connectivity index (χ0n) is 15.0. The van der Waals surface area contributed by atoms with E-state index in [1.54, 1.807) is 16.2 Å². The second-order valence-electron chi connectivity index (χ2n) is 6.17. The van der Waals surface area contributed by atoms with Gasteiger partial charge in [0, 0.05) is 5.31 Å². The van der Waals surface area contributed by atoms with Gasteiger partial charge in [0.1, 0.15) is 0 Å². The third kappa shape index (κ3) is 6.04. The molecule has 4 heteroatoms. The molecule has 0 saturated carbocycles. The second kappa shape index (κ2) is 12.5. The van der Waals surface area contributed by atoms with Crippen LogP contribution in [0.15, 0.2) is 58.9 Å². The van der Waals surface area contributed by atoms with Crippen molar-refractivity contribution in [3.8, 4) is 0 Å². The van der Waals surface area contributed by atoms with Crippen LogP contribution >= 0.6 is 8.20 Å². The number of halogens is 2. The molecule has 1 aliphatic carbocycles. The number of allylic oxidation sites excluding steroid dienone is 6.